The second-order valence-corrected chi connectivity index (χ2v) is 11.6. The molecule has 22 heavy (non-hydrogen) atoms. The van der Waals surface area contributed by atoms with Gasteiger partial charge in [0.15, 0.2) is 0 Å². The molecule has 0 aromatic carbocycles. The predicted molar refractivity (Wildman–Crippen MR) is 96.3 cm³/mol. The fourth-order valence-electron chi connectivity index (χ4n) is 5.14. The van der Waals surface area contributed by atoms with Crippen molar-refractivity contribution in [1.29, 1.82) is 0 Å². The molecule has 0 heterocycles. The van der Waals surface area contributed by atoms with Gasteiger partial charge in [0.2, 0.25) is 0 Å². The largest absolute Gasteiger partial charge is 0.394 e. The molecule has 0 aromatic heterocycles. The Labute approximate surface area is 139 Å². The van der Waals surface area contributed by atoms with Crippen LogP contribution in [0.2, 0.25) is 11.1 Å². The first-order chi connectivity index (χ1) is 10.5. The van der Waals surface area contributed by atoms with Gasteiger partial charge in [0.1, 0.15) is 0 Å². The molecule has 5 atom stereocenters. The van der Waals surface area contributed by atoms with Crippen molar-refractivity contribution in [1.82, 2.24) is 0 Å². The Morgan fingerprint density at radius 2 is 1.45 bits per heavy atom. The Kier molecular flexibility index (Phi) is 6.97. The molecule has 2 nitrogen and oxygen atoms in total. The summed E-state index contributed by atoms with van der Waals surface area (Å²) in [5.41, 5.74) is 1.42. The minimum absolute atomic E-state index is 0.700. The van der Waals surface area contributed by atoms with Crippen LogP contribution in [0.3, 0.4) is 0 Å². The molecule has 0 amide bonds. The molecule has 0 N–H and O–H groups in total. The zero-order chi connectivity index (χ0) is 16.2. The van der Waals surface area contributed by atoms with Crippen LogP contribution in [0.4, 0.5) is 0 Å². The number of hydrogen-bond acceptors (Lipinski definition) is 2. The highest BCUT2D eigenvalue weighted by Gasteiger charge is 2.55. The van der Waals surface area contributed by atoms with E-state index < -0.39 is 8.56 Å². The third kappa shape index (κ3) is 3.96. The zero-order valence-electron chi connectivity index (χ0n) is 15.6. The molecule has 0 aliphatic heterocycles. The fraction of sp³-hybridized carbons (Fsp3) is 1.00. The highest BCUT2D eigenvalue weighted by Crippen LogP contribution is 2.53. The Balaban J connectivity index is 2.29. The van der Waals surface area contributed by atoms with E-state index in [9.17, 15) is 0 Å². The summed E-state index contributed by atoms with van der Waals surface area (Å²) >= 11 is 0. The maximum absolute atomic E-state index is 6.63. The zero-order valence-corrected chi connectivity index (χ0v) is 16.6. The van der Waals surface area contributed by atoms with Gasteiger partial charge in [-0.05, 0) is 50.9 Å². The Bertz CT molecular complexity index is 327. The van der Waals surface area contributed by atoms with Gasteiger partial charge < -0.3 is 8.85 Å². The van der Waals surface area contributed by atoms with Crippen molar-refractivity contribution in [2.24, 2.45) is 17.8 Å². The van der Waals surface area contributed by atoms with Gasteiger partial charge in [-0.2, -0.15) is 0 Å². The van der Waals surface area contributed by atoms with E-state index in [0.717, 1.165) is 31.0 Å². The first-order valence-electron chi connectivity index (χ1n) is 9.81. The van der Waals surface area contributed by atoms with Crippen molar-refractivity contribution in [2.75, 3.05) is 13.2 Å². The van der Waals surface area contributed by atoms with E-state index >= 15 is 0 Å². The van der Waals surface area contributed by atoms with E-state index in [1.54, 1.807) is 0 Å². The molecule has 2 saturated carbocycles. The summed E-state index contributed by atoms with van der Waals surface area (Å²) in [6, 6.07) is 0. The molecule has 0 aromatic rings. The topological polar surface area (TPSA) is 18.5 Å². The van der Waals surface area contributed by atoms with E-state index in [4.69, 9.17) is 8.85 Å². The Morgan fingerprint density at radius 1 is 0.818 bits per heavy atom. The second-order valence-electron chi connectivity index (χ2n) is 8.06. The summed E-state index contributed by atoms with van der Waals surface area (Å²) in [6.45, 7) is 13.3. The van der Waals surface area contributed by atoms with Crippen LogP contribution in [0.15, 0.2) is 0 Å². The van der Waals surface area contributed by atoms with Gasteiger partial charge in [-0.1, -0.05) is 46.5 Å². The molecule has 2 aliphatic rings. The fourth-order valence-corrected chi connectivity index (χ4v) is 10.7. The monoisotopic (exact) mass is 326 g/mol. The molecule has 2 aliphatic carbocycles. The molecule has 0 spiro atoms. The van der Waals surface area contributed by atoms with E-state index in [-0.39, 0.29) is 0 Å². The molecular weight excluding hydrogens is 288 g/mol. The maximum Gasteiger partial charge on any atom is 0.344 e. The van der Waals surface area contributed by atoms with Gasteiger partial charge in [0.05, 0.1) is 0 Å². The average Bonchev–Trinajstić information content (AvgIpc) is 2.49. The van der Waals surface area contributed by atoms with Crippen molar-refractivity contribution in [2.45, 2.75) is 90.6 Å². The summed E-state index contributed by atoms with van der Waals surface area (Å²) in [7, 11) is -2.14. The van der Waals surface area contributed by atoms with Gasteiger partial charge in [0.25, 0.3) is 0 Å². The predicted octanol–water partition coefficient (Wildman–Crippen LogP) is 5.91. The van der Waals surface area contributed by atoms with Gasteiger partial charge in [-0.25, -0.2) is 0 Å². The SMILES string of the molecule is CCO[Si](OCC)(C1CCCC(C)C1)C1CC(C)CCC1C. The molecule has 0 radical (unpaired) electrons. The van der Waals surface area contributed by atoms with Crippen LogP contribution in [0.25, 0.3) is 0 Å². The van der Waals surface area contributed by atoms with Crippen LogP contribution in [0.1, 0.15) is 79.6 Å². The Hall–Kier alpha value is 0.137. The lowest BCUT2D eigenvalue weighted by Gasteiger charge is -2.49. The highest BCUT2D eigenvalue weighted by molar-refractivity contribution is 6.70. The van der Waals surface area contributed by atoms with E-state index in [1.807, 2.05) is 0 Å². The van der Waals surface area contributed by atoms with Crippen LogP contribution in [0, 0.1) is 17.8 Å². The summed E-state index contributed by atoms with van der Waals surface area (Å²) in [5.74, 6) is 2.47. The van der Waals surface area contributed by atoms with Crippen LogP contribution >= 0.6 is 0 Å². The van der Waals surface area contributed by atoms with Crippen LogP contribution < -0.4 is 0 Å². The van der Waals surface area contributed by atoms with Crippen molar-refractivity contribution < 1.29 is 8.85 Å². The molecule has 0 bridgehead atoms. The van der Waals surface area contributed by atoms with E-state index in [2.05, 4.69) is 34.6 Å². The molecule has 3 heteroatoms. The summed E-state index contributed by atoms with van der Waals surface area (Å²) in [5, 5.41) is 0. The minimum Gasteiger partial charge on any atom is -0.394 e. The summed E-state index contributed by atoms with van der Waals surface area (Å²) in [6.07, 6.45) is 9.54. The van der Waals surface area contributed by atoms with E-state index in [0.29, 0.717) is 11.1 Å². The minimum atomic E-state index is -2.14. The Morgan fingerprint density at radius 3 is 2.05 bits per heavy atom. The van der Waals surface area contributed by atoms with Gasteiger partial charge in [0, 0.05) is 24.3 Å². The molecular formula is C19H38O2Si. The van der Waals surface area contributed by atoms with Crippen molar-refractivity contribution in [3.05, 3.63) is 0 Å². The summed E-state index contributed by atoms with van der Waals surface area (Å²) < 4.78 is 13.3. The third-order valence-corrected chi connectivity index (χ3v) is 11.2. The number of rotatable bonds is 6. The highest BCUT2D eigenvalue weighted by atomic mass is 28.4. The first kappa shape index (κ1) is 18.5. The van der Waals surface area contributed by atoms with E-state index in [1.165, 1.54) is 44.9 Å². The van der Waals surface area contributed by atoms with Crippen LogP contribution in [-0.4, -0.2) is 21.8 Å². The first-order valence-corrected chi connectivity index (χ1v) is 11.8. The smallest absolute Gasteiger partial charge is 0.344 e. The lowest BCUT2D eigenvalue weighted by atomic mass is 9.83. The average molecular weight is 327 g/mol. The molecule has 2 rings (SSSR count). The third-order valence-electron chi connectivity index (χ3n) is 6.22. The standard InChI is InChI=1S/C19H38O2Si/c1-6-20-22(21-7-2,18-10-8-9-15(3)13-18)19-14-16(4)11-12-17(19)5/h15-19H,6-14H2,1-5H3. The van der Waals surface area contributed by atoms with Crippen molar-refractivity contribution in [3.63, 3.8) is 0 Å². The normalized spacial score (nSPS) is 37.2. The van der Waals surface area contributed by atoms with Gasteiger partial charge >= 0.3 is 8.56 Å². The molecule has 130 valence electrons. The maximum atomic E-state index is 6.63. The van der Waals surface area contributed by atoms with Crippen LogP contribution in [-0.2, 0) is 8.85 Å². The molecule has 0 saturated heterocycles. The summed E-state index contributed by atoms with van der Waals surface area (Å²) in [4.78, 5) is 0. The quantitative estimate of drug-likeness (QED) is 0.565. The molecule has 5 unspecified atom stereocenters. The lowest BCUT2D eigenvalue weighted by Crippen LogP contribution is -2.55. The van der Waals surface area contributed by atoms with Crippen LogP contribution in [0.5, 0.6) is 0 Å². The van der Waals surface area contributed by atoms with Gasteiger partial charge in [-0.15, -0.1) is 0 Å². The lowest BCUT2D eigenvalue weighted by molar-refractivity contribution is 0.125. The number of hydrogen-bond donors (Lipinski definition) is 0. The molecule has 2 fully saturated rings. The van der Waals surface area contributed by atoms with Gasteiger partial charge in [-0.3, -0.25) is 0 Å². The van der Waals surface area contributed by atoms with Crippen molar-refractivity contribution >= 4 is 8.56 Å². The second kappa shape index (κ2) is 8.30. The van der Waals surface area contributed by atoms with Crippen molar-refractivity contribution in [3.8, 4) is 0 Å².